The van der Waals surface area contributed by atoms with Gasteiger partial charge in [-0.15, -0.1) is 0 Å². The number of nitrogens with zero attached hydrogens (tertiary/aromatic N) is 3. The third-order valence-corrected chi connectivity index (χ3v) is 4.70. The molecule has 0 atom stereocenters. The SMILES string of the molecule is Brc1ccc2c(c1)CN(c1cc(Nc3ccccc3)ncn1)CC2. The molecule has 5 heteroatoms. The van der Waals surface area contributed by atoms with E-state index in [0.29, 0.717) is 0 Å². The first-order valence-electron chi connectivity index (χ1n) is 7.94. The van der Waals surface area contributed by atoms with Gasteiger partial charge < -0.3 is 10.2 Å². The molecule has 0 bridgehead atoms. The number of rotatable bonds is 3. The minimum absolute atomic E-state index is 0.811. The molecule has 0 saturated heterocycles. The molecular weight excluding hydrogens is 364 g/mol. The fraction of sp³-hybridized carbons (Fsp3) is 0.158. The fourth-order valence-corrected chi connectivity index (χ4v) is 3.39. The zero-order chi connectivity index (χ0) is 16.4. The van der Waals surface area contributed by atoms with Crippen LogP contribution in [0.2, 0.25) is 0 Å². The maximum atomic E-state index is 4.46. The van der Waals surface area contributed by atoms with Crippen molar-refractivity contribution >= 4 is 33.3 Å². The molecular formula is C19H17BrN4. The highest BCUT2D eigenvalue weighted by Crippen LogP contribution is 2.27. The van der Waals surface area contributed by atoms with E-state index in [0.717, 1.165) is 41.3 Å². The van der Waals surface area contributed by atoms with E-state index in [1.165, 1.54) is 11.1 Å². The third-order valence-electron chi connectivity index (χ3n) is 4.20. The van der Waals surface area contributed by atoms with E-state index in [2.05, 4.69) is 54.3 Å². The Morgan fingerprint density at radius 1 is 0.958 bits per heavy atom. The molecule has 0 radical (unpaired) electrons. The van der Waals surface area contributed by atoms with E-state index >= 15 is 0 Å². The first-order valence-corrected chi connectivity index (χ1v) is 8.73. The van der Waals surface area contributed by atoms with Crippen molar-refractivity contribution in [1.82, 2.24) is 9.97 Å². The van der Waals surface area contributed by atoms with Crippen LogP contribution in [-0.2, 0) is 13.0 Å². The van der Waals surface area contributed by atoms with Crippen LogP contribution in [0.5, 0.6) is 0 Å². The van der Waals surface area contributed by atoms with Gasteiger partial charge in [-0.05, 0) is 41.8 Å². The number of aromatic nitrogens is 2. The van der Waals surface area contributed by atoms with Crippen molar-refractivity contribution in [3.8, 4) is 0 Å². The Kier molecular flexibility index (Phi) is 4.17. The summed E-state index contributed by atoms with van der Waals surface area (Å²) >= 11 is 3.56. The standard InChI is InChI=1S/C19H17BrN4/c20-16-7-6-14-8-9-24(12-15(14)10-16)19-11-18(21-13-22-19)23-17-4-2-1-3-5-17/h1-7,10-11,13H,8-9,12H2,(H,21,22,23). The van der Waals surface area contributed by atoms with Crippen molar-refractivity contribution in [2.24, 2.45) is 0 Å². The molecule has 4 rings (SSSR count). The van der Waals surface area contributed by atoms with Crippen LogP contribution in [-0.4, -0.2) is 16.5 Å². The van der Waals surface area contributed by atoms with E-state index in [1.54, 1.807) is 6.33 Å². The van der Waals surface area contributed by atoms with Crippen LogP contribution in [0.4, 0.5) is 17.3 Å². The average molecular weight is 381 g/mol. The molecule has 1 aromatic heterocycles. The molecule has 0 fully saturated rings. The number of nitrogens with one attached hydrogen (secondary N) is 1. The smallest absolute Gasteiger partial charge is 0.135 e. The minimum Gasteiger partial charge on any atom is -0.352 e. The molecule has 0 aliphatic carbocycles. The highest BCUT2D eigenvalue weighted by Gasteiger charge is 2.18. The second-order valence-corrected chi connectivity index (χ2v) is 6.75. The second-order valence-electron chi connectivity index (χ2n) is 5.84. The summed E-state index contributed by atoms with van der Waals surface area (Å²) in [6, 6.07) is 18.6. The van der Waals surface area contributed by atoms with Crippen molar-refractivity contribution in [3.05, 3.63) is 76.5 Å². The van der Waals surface area contributed by atoms with Gasteiger partial charge in [0, 0.05) is 29.3 Å². The van der Waals surface area contributed by atoms with Crippen LogP contribution >= 0.6 is 15.9 Å². The van der Waals surface area contributed by atoms with Gasteiger partial charge in [0.2, 0.25) is 0 Å². The maximum absolute atomic E-state index is 4.46. The van der Waals surface area contributed by atoms with Gasteiger partial charge >= 0.3 is 0 Å². The monoisotopic (exact) mass is 380 g/mol. The summed E-state index contributed by atoms with van der Waals surface area (Å²) in [6.07, 6.45) is 2.66. The van der Waals surface area contributed by atoms with Crippen molar-refractivity contribution in [1.29, 1.82) is 0 Å². The zero-order valence-electron chi connectivity index (χ0n) is 13.1. The summed E-state index contributed by atoms with van der Waals surface area (Å²) in [7, 11) is 0. The van der Waals surface area contributed by atoms with Crippen LogP contribution in [0.15, 0.2) is 65.4 Å². The van der Waals surface area contributed by atoms with Crippen molar-refractivity contribution in [3.63, 3.8) is 0 Å². The Hall–Kier alpha value is -2.40. The molecule has 2 aromatic carbocycles. The predicted molar refractivity (Wildman–Crippen MR) is 101 cm³/mol. The lowest BCUT2D eigenvalue weighted by atomic mass is 10.00. The summed E-state index contributed by atoms with van der Waals surface area (Å²) < 4.78 is 1.12. The summed E-state index contributed by atoms with van der Waals surface area (Å²) in [6.45, 7) is 1.84. The topological polar surface area (TPSA) is 41.0 Å². The van der Waals surface area contributed by atoms with Gasteiger partial charge in [0.1, 0.15) is 18.0 Å². The number of benzene rings is 2. The molecule has 3 aromatic rings. The Labute approximate surface area is 149 Å². The second kappa shape index (κ2) is 6.61. The van der Waals surface area contributed by atoms with E-state index in [9.17, 15) is 0 Å². The Morgan fingerprint density at radius 3 is 2.71 bits per heavy atom. The van der Waals surface area contributed by atoms with Gasteiger partial charge in [0.15, 0.2) is 0 Å². The van der Waals surface area contributed by atoms with Gasteiger partial charge in [-0.3, -0.25) is 0 Å². The molecule has 1 N–H and O–H groups in total. The molecule has 1 aliphatic heterocycles. The quantitative estimate of drug-likeness (QED) is 0.723. The largest absolute Gasteiger partial charge is 0.352 e. The summed E-state index contributed by atoms with van der Waals surface area (Å²) in [5, 5.41) is 3.33. The molecule has 0 unspecified atom stereocenters. The Balaban J connectivity index is 1.56. The van der Waals surface area contributed by atoms with Gasteiger partial charge in [0.05, 0.1) is 0 Å². The first-order chi connectivity index (χ1) is 11.8. The summed E-state index contributed by atoms with van der Waals surface area (Å²) in [5.74, 6) is 1.76. The molecule has 2 heterocycles. The lowest BCUT2D eigenvalue weighted by molar-refractivity contribution is 0.719. The lowest BCUT2D eigenvalue weighted by Crippen LogP contribution is -2.31. The van der Waals surface area contributed by atoms with Crippen molar-refractivity contribution < 1.29 is 0 Å². The van der Waals surface area contributed by atoms with Crippen LogP contribution in [0.1, 0.15) is 11.1 Å². The highest BCUT2D eigenvalue weighted by molar-refractivity contribution is 9.10. The number of halogens is 1. The lowest BCUT2D eigenvalue weighted by Gasteiger charge is -2.30. The summed E-state index contributed by atoms with van der Waals surface area (Å²) in [4.78, 5) is 11.1. The van der Waals surface area contributed by atoms with E-state index < -0.39 is 0 Å². The van der Waals surface area contributed by atoms with E-state index in [1.807, 2.05) is 36.4 Å². The van der Waals surface area contributed by atoms with Crippen LogP contribution in [0, 0.1) is 0 Å². The van der Waals surface area contributed by atoms with Crippen LogP contribution in [0.25, 0.3) is 0 Å². The molecule has 120 valence electrons. The van der Waals surface area contributed by atoms with Crippen LogP contribution in [0.3, 0.4) is 0 Å². The van der Waals surface area contributed by atoms with Crippen molar-refractivity contribution in [2.45, 2.75) is 13.0 Å². The molecule has 1 aliphatic rings. The molecule has 0 spiro atoms. The molecule has 4 nitrogen and oxygen atoms in total. The van der Waals surface area contributed by atoms with Gasteiger partial charge in [-0.25, -0.2) is 9.97 Å². The molecule has 24 heavy (non-hydrogen) atoms. The van der Waals surface area contributed by atoms with Crippen LogP contribution < -0.4 is 10.2 Å². The predicted octanol–water partition coefficient (Wildman–Crippen LogP) is 4.55. The van der Waals surface area contributed by atoms with Gasteiger partial charge in [-0.1, -0.05) is 40.2 Å². The number of hydrogen-bond acceptors (Lipinski definition) is 4. The number of anilines is 3. The number of hydrogen-bond donors (Lipinski definition) is 1. The normalized spacial score (nSPS) is 13.5. The van der Waals surface area contributed by atoms with Gasteiger partial charge in [0.25, 0.3) is 0 Å². The highest BCUT2D eigenvalue weighted by atomic mass is 79.9. The van der Waals surface area contributed by atoms with Crippen molar-refractivity contribution in [2.75, 3.05) is 16.8 Å². The first kappa shape index (κ1) is 15.1. The Morgan fingerprint density at radius 2 is 1.83 bits per heavy atom. The molecule has 0 saturated carbocycles. The van der Waals surface area contributed by atoms with E-state index in [-0.39, 0.29) is 0 Å². The number of fused-ring (bicyclic) bond motifs is 1. The zero-order valence-corrected chi connectivity index (χ0v) is 14.7. The maximum Gasteiger partial charge on any atom is 0.135 e. The van der Waals surface area contributed by atoms with Gasteiger partial charge in [-0.2, -0.15) is 0 Å². The van der Waals surface area contributed by atoms with E-state index in [4.69, 9.17) is 0 Å². The fourth-order valence-electron chi connectivity index (χ4n) is 2.98. The third kappa shape index (κ3) is 3.26. The molecule has 0 amide bonds. The number of para-hydroxylation sites is 1. The summed E-state index contributed by atoms with van der Waals surface area (Å²) in [5.41, 5.74) is 3.80. The average Bonchev–Trinajstić information content (AvgIpc) is 2.62. The Bertz CT molecular complexity index is 851. The minimum atomic E-state index is 0.811.